The van der Waals surface area contributed by atoms with Crippen LogP contribution >= 0.6 is 38.5 Å². The molecule has 0 aliphatic rings. The molecule has 1 heterocycles. The predicted molar refractivity (Wildman–Crippen MR) is 82.7 cm³/mol. The molecular formula is C12H18BrIN2O. The molecule has 0 aromatic carbocycles. The number of aryl methyl sites for hydroxylation is 1. The lowest BCUT2D eigenvalue weighted by Gasteiger charge is -2.30. The number of alkyl halides is 1. The highest BCUT2D eigenvalue weighted by Crippen LogP contribution is 2.28. The number of halogens is 2. The molecule has 0 bridgehead atoms. The molecule has 3 nitrogen and oxygen atoms in total. The van der Waals surface area contributed by atoms with Gasteiger partial charge in [-0.3, -0.25) is 9.36 Å². The van der Waals surface area contributed by atoms with E-state index < -0.39 is 0 Å². The molecule has 0 amide bonds. The van der Waals surface area contributed by atoms with Gasteiger partial charge in [0.25, 0.3) is 5.56 Å². The molecule has 96 valence electrons. The van der Waals surface area contributed by atoms with Gasteiger partial charge in [-0.05, 0) is 40.8 Å². The van der Waals surface area contributed by atoms with Crippen molar-refractivity contribution in [3.05, 3.63) is 25.9 Å². The number of nitrogens with zero attached hydrogens (tertiary/aromatic N) is 2. The summed E-state index contributed by atoms with van der Waals surface area (Å²) in [6.45, 7) is 9.18. The first kappa shape index (κ1) is 15.1. The zero-order chi connectivity index (χ0) is 13.2. The summed E-state index contributed by atoms with van der Waals surface area (Å²) in [6.07, 6.45) is 1.63. The summed E-state index contributed by atoms with van der Waals surface area (Å²) >= 11 is 5.58. The first-order valence-corrected chi connectivity index (χ1v) is 7.75. The van der Waals surface area contributed by atoms with Crippen molar-refractivity contribution in [1.82, 2.24) is 9.55 Å². The van der Waals surface area contributed by atoms with Crippen molar-refractivity contribution in [2.75, 3.05) is 5.33 Å². The summed E-state index contributed by atoms with van der Waals surface area (Å²) in [5.74, 6) is 1.18. The maximum Gasteiger partial charge on any atom is 0.266 e. The number of aromatic nitrogens is 2. The van der Waals surface area contributed by atoms with Crippen LogP contribution in [0.5, 0.6) is 0 Å². The topological polar surface area (TPSA) is 34.9 Å². The normalized spacial score (nSPS) is 13.8. The lowest BCUT2D eigenvalue weighted by Crippen LogP contribution is -2.34. The van der Waals surface area contributed by atoms with Gasteiger partial charge in [-0.2, -0.15) is 0 Å². The average molecular weight is 413 g/mol. The first-order valence-electron chi connectivity index (χ1n) is 5.55. The second-order valence-electron chi connectivity index (χ2n) is 5.29. The molecule has 5 heteroatoms. The Morgan fingerprint density at radius 3 is 2.59 bits per heavy atom. The second kappa shape index (κ2) is 5.82. The van der Waals surface area contributed by atoms with Crippen LogP contribution < -0.4 is 5.56 Å². The highest BCUT2D eigenvalue weighted by Gasteiger charge is 2.25. The summed E-state index contributed by atoms with van der Waals surface area (Å²) in [4.78, 5) is 16.3. The smallest absolute Gasteiger partial charge is 0.266 e. The molecule has 0 spiro atoms. The lowest BCUT2D eigenvalue weighted by molar-refractivity contribution is 0.235. The summed E-state index contributed by atoms with van der Waals surface area (Å²) in [6, 6.07) is 0. The molecule has 1 atom stereocenters. The number of hydrogen-bond acceptors (Lipinski definition) is 2. The minimum absolute atomic E-state index is 0.0632. The lowest BCUT2D eigenvalue weighted by atomic mass is 9.82. The Labute approximate surface area is 124 Å². The number of rotatable bonds is 3. The Balaban J connectivity index is 3.11. The second-order valence-corrected chi connectivity index (χ2v) is 7.10. The van der Waals surface area contributed by atoms with Crippen LogP contribution in [0.2, 0.25) is 0 Å². The van der Waals surface area contributed by atoms with Crippen LogP contribution in [0.25, 0.3) is 0 Å². The third-order valence-corrected chi connectivity index (χ3v) is 4.54. The SMILES string of the molecule is Cc1ncc(I)c(=O)n1CC(CBr)C(C)(C)C. The highest BCUT2D eigenvalue weighted by molar-refractivity contribution is 14.1. The van der Waals surface area contributed by atoms with Crippen LogP contribution in [-0.4, -0.2) is 14.9 Å². The van der Waals surface area contributed by atoms with Crippen molar-refractivity contribution in [3.8, 4) is 0 Å². The van der Waals surface area contributed by atoms with E-state index in [0.717, 1.165) is 11.2 Å². The third-order valence-electron chi connectivity index (χ3n) is 3.02. The molecule has 1 aromatic rings. The molecule has 0 aliphatic heterocycles. The van der Waals surface area contributed by atoms with Gasteiger partial charge in [-0.25, -0.2) is 4.98 Å². The molecule has 0 saturated heterocycles. The molecule has 0 saturated carbocycles. The van der Waals surface area contributed by atoms with Gasteiger partial charge in [0.2, 0.25) is 0 Å². The fraction of sp³-hybridized carbons (Fsp3) is 0.667. The Bertz CT molecular complexity index is 451. The Morgan fingerprint density at radius 2 is 2.12 bits per heavy atom. The largest absolute Gasteiger partial charge is 0.296 e. The van der Waals surface area contributed by atoms with Gasteiger partial charge in [-0.15, -0.1) is 0 Å². The third kappa shape index (κ3) is 3.77. The van der Waals surface area contributed by atoms with E-state index in [9.17, 15) is 4.79 Å². The van der Waals surface area contributed by atoms with Crippen LogP contribution in [0.15, 0.2) is 11.0 Å². The van der Waals surface area contributed by atoms with Crippen molar-refractivity contribution >= 4 is 38.5 Å². The first-order chi connectivity index (χ1) is 7.77. The van der Waals surface area contributed by atoms with Gasteiger partial charge >= 0.3 is 0 Å². The Kier molecular flexibility index (Phi) is 5.19. The molecule has 0 fully saturated rings. The molecule has 0 aliphatic carbocycles. The van der Waals surface area contributed by atoms with Crippen LogP contribution in [0.3, 0.4) is 0 Å². The highest BCUT2D eigenvalue weighted by atomic mass is 127. The molecular weight excluding hydrogens is 395 g/mol. The van der Waals surface area contributed by atoms with Gasteiger partial charge < -0.3 is 0 Å². The van der Waals surface area contributed by atoms with Crippen LogP contribution in [0, 0.1) is 21.8 Å². The minimum atomic E-state index is 0.0632. The van der Waals surface area contributed by atoms with E-state index in [1.54, 1.807) is 10.8 Å². The monoisotopic (exact) mass is 412 g/mol. The quantitative estimate of drug-likeness (QED) is 0.564. The molecule has 1 aromatic heterocycles. The van der Waals surface area contributed by atoms with E-state index in [2.05, 4.69) is 41.7 Å². The van der Waals surface area contributed by atoms with Gasteiger partial charge in [0.15, 0.2) is 0 Å². The van der Waals surface area contributed by atoms with E-state index in [4.69, 9.17) is 0 Å². The van der Waals surface area contributed by atoms with E-state index in [1.165, 1.54) is 0 Å². The van der Waals surface area contributed by atoms with Gasteiger partial charge in [-0.1, -0.05) is 36.7 Å². The predicted octanol–water partition coefficient (Wildman–Crippen LogP) is 3.21. The Morgan fingerprint density at radius 1 is 1.53 bits per heavy atom. The maximum absolute atomic E-state index is 12.1. The van der Waals surface area contributed by atoms with Crippen molar-refractivity contribution in [3.63, 3.8) is 0 Å². The van der Waals surface area contributed by atoms with Crippen molar-refractivity contribution in [2.45, 2.75) is 34.2 Å². The molecule has 0 radical (unpaired) electrons. The minimum Gasteiger partial charge on any atom is -0.296 e. The molecule has 1 rings (SSSR count). The van der Waals surface area contributed by atoms with E-state index in [-0.39, 0.29) is 11.0 Å². The van der Waals surface area contributed by atoms with Crippen LogP contribution in [0.4, 0.5) is 0 Å². The fourth-order valence-corrected chi connectivity index (χ4v) is 3.15. The van der Waals surface area contributed by atoms with Crippen molar-refractivity contribution < 1.29 is 0 Å². The van der Waals surface area contributed by atoms with Gasteiger partial charge in [0.05, 0.1) is 3.57 Å². The fourth-order valence-electron chi connectivity index (χ4n) is 1.54. The van der Waals surface area contributed by atoms with Gasteiger partial charge in [0.1, 0.15) is 5.82 Å². The van der Waals surface area contributed by atoms with Gasteiger partial charge in [0, 0.05) is 18.1 Å². The van der Waals surface area contributed by atoms with Crippen molar-refractivity contribution in [1.29, 1.82) is 0 Å². The maximum atomic E-state index is 12.1. The Hall–Kier alpha value is 0.0900. The number of hydrogen-bond donors (Lipinski definition) is 0. The summed E-state index contributed by atoms with van der Waals surface area (Å²) < 4.78 is 2.45. The van der Waals surface area contributed by atoms with E-state index >= 15 is 0 Å². The zero-order valence-electron chi connectivity index (χ0n) is 10.6. The van der Waals surface area contributed by atoms with Crippen LogP contribution in [0.1, 0.15) is 26.6 Å². The van der Waals surface area contributed by atoms with Crippen molar-refractivity contribution in [2.24, 2.45) is 11.3 Å². The molecule has 1 unspecified atom stereocenters. The molecule has 17 heavy (non-hydrogen) atoms. The molecule has 0 N–H and O–H groups in total. The standard InChI is InChI=1S/C12H18BrIN2O/c1-8-15-6-10(14)11(17)16(8)7-9(5-13)12(2,3)4/h6,9H,5,7H2,1-4H3. The van der Waals surface area contributed by atoms with Crippen LogP contribution in [-0.2, 0) is 6.54 Å². The average Bonchev–Trinajstić information content (AvgIpc) is 2.22. The summed E-state index contributed by atoms with van der Waals surface area (Å²) in [7, 11) is 0. The van der Waals surface area contributed by atoms with E-state index in [0.29, 0.717) is 16.0 Å². The summed E-state index contributed by atoms with van der Waals surface area (Å²) in [5, 5.41) is 0.883. The zero-order valence-corrected chi connectivity index (χ0v) is 14.4. The summed E-state index contributed by atoms with van der Waals surface area (Å²) in [5.41, 5.74) is 0.227. The van der Waals surface area contributed by atoms with E-state index in [1.807, 2.05) is 29.5 Å².